The maximum atomic E-state index is 11.5. The van der Waals surface area contributed by atoms with Gasteiger partial charge in [-0.25, -0.2) is 0 Å². The Balaban J connectivity index is 2.32. The average molecular weight is 248 g/mol. The van der Waals surface area contributed by atoms with Crippen LogP contribution in [0.15, 0.2) is 24.3 Å². The van der Waals surface area contributed by atoms with Gasteiger partial charge in [0.25, 0.3) is 0 Å². The van der Waals surface area contributed by atoms with Gasteiger partial charge >= 0.3 is 0 Å². The van der Waals surface area contributed by atoms with Gasteiger partial charge in [-0.2, -0.15) is 0 Å². The first-order valence-corrected chi connectivity index (χ1v) is 6.63. The van der Waals surface area contributed by atoms with Crippen LogP contribution < -0.4 is 10.6 Å². The lowest BCUT2D eigenvalue weighted by Gasteiger charge is -2.07. The van der Waals surface area contributed by atoms with E-state index in [1.807, 2.05) is 7.05 Å². The van der Waals surface area contributed by atoms with Gasteiger partial charge < -0.3 is 10.6 Å². The number of amides is 1. The molecule has 2 N–H and O–H groups in total. The molecule has 0 radical (unpaired) electrons. The topological polar surface area (TPSA) is 41.1 Å². The van der Waals surface area contributed by atoms with Crippen molar-refractivity contribution in [2.45, 2.75) is 32.6 Å². The second-order valence-electron chi connectivity index (χ2n) is 4.85. The quantitative estimate of drug-likeness (QED) is 0.725. The van der Waals surface area contributed by atoms with E-state index in [0.29, 0.717) is 18.9 Å². The fourth-order valence-corrected chi connectivity index (χ4v) is 1.74. The van der Waals surface area contributed by atoms with E-state index in [1.165, 1.54) is 11.1 Å². The molecule has 0 aromatic heterocycles. The third kappa shape index (κ3) is 5.32. The molecule has 0 atom stereocenters. The third-order valence-electron chi connectivity index (χ3n) is 2.98. The lowest BCUT2D eigenvalue weighted by molar-refractivity contribution is -0.121. The van der Waals surface area contributed by atoms with Gasteiger partial charge in [-0.05, 0) is 30.5 Å². The number of carbonyl (C=O) groups excluding carboxylic acids is 1. The van der Waals surface area contributed by atoms with Crippen LogP contribution in [0.25, 0.3) is 0 Å². The predicted molar refractivity (Wildman–Crippen MR) is 75.8 cm³/mol. The molecule has 0 fully saturated rings. The minimum absolute atomic E-state index is 0.123. The van der Waals surface area contributed by atoms with E-state index in [9.17, 15) is 4.79 Å². The highest BCUT2D eigenvalue weighted by molar-refractivity contribution is 5.76. The van der Waals surface area contributed by atoms with E-state index in [4.69, 9.17) is 0 Å². The number of rotatable bonds is 7. The SMILES string of the molecule is CNCCNC(=O)CCc1ccc(C(C)C)cc1. The molecule has 1 aromatic carbocycles. The summed E-state index contributed by atoms with van der Waals surface area (Å²) in [5.74, 6) is 0.682. The number of aryl methyl sites for hydroxylation is 1. The maximum Gasteiger partial charge on any atom is 0.220 e. The first-order valence-electron chi connectivity index (χ1n) is 6.63. The third-order valence-corrected chi connectivity index (χ3v) is 2.98. The zero-order valence-electron chi connectivity index (χ0n) is 11.6. The van der Waals surface area contributed by atoms with Crippen molar-refractivity contribution in [1.29, 1.82) is 0 Å². The fourth-order valence-electron chi connectivity index (χ4n) is 1.74. The molecule has 1 amide bonds. The van der Waals surface area contributed by atoms with Gasteiger partial charge in [0.2, 0.25) is 5.91 Å². The number of nitrogens with one attached hydrogen (secondary N) is 2. The first-order chi connectivity index (χ1) is 8.63. The van der Waals surface area contributed by atoms with Gasteiger partial charge in [0.05, 0.1) is 0 Å². The van der Waals surface area contributed by atoms with Crippen LogP contribution in [-0.2, 0) is 11.2 Å². The van der Waals surface area contributed by atoms with Crippen LogP contribution in [0.4, 0.5) is 0 Å². The summed E-state index contributed by atoms with van der Waals surface area (Å²) < 4.78 is 0. The number of hydrogen-bond donors (Lipinski definition) is 2. The lowest BCUT2D eigenvalue weighted by atomic mass is 10.0. The zero-order valence-corrected chi connectivity index (χ0v) is 11.6. The molecule has 0 heterocycles. The molecule has 0 saturated carbocycles. The molecule has 0 saturated heterocycles. The summed E-state index contributed by atoms with van der Waals surface area (Å²) in [6.07, 6.45) is 1.37. The van der Waals surface area contributed by atoms with Crippen LogP contribution in [-0.4, -0.2) is 26.0 Å². The van der Waals surface area contributed by atoms with Gasteiger partial charge in [0.1, 0.15) is 0 Å². The number of carbonyl (C=O) groups is 1. The summed E-state index contributed by atoms with van der Waals surface area (Å²) in [6.45, 7) is 5.88. The van der Waals surface area contributed by atoms with Crippen molar-refractivity contribution < 1.29 is 4.79 Å². The van der Waals surface area contributed by atoms with Crippen LogP contribution >= 0.6 is 0 Å². The molecule has 0 unspecified atom stereocenters. The van der Waals surface area contributed by atoms with Crippen molar-refractivity contribution in [3.05, 3.63) is 35.4 Å². The molecule has 1 aromatic rings. The predicted octanol–water partition coefficient (Wildman–Crippen LogP) is 2.08. The molecule has 1 rings (SSSR count). The van der Waals surface area contributed by atoms with Gasteiger partial charge in [0.15, 0.2) is 0 Å². The van der Waals surface area contributed by atoms with E-state index in [2.05, 4.69) is 48.7 Å². The fraction of sp³-hybridized carbons (Fsp3) is 0.533. The summed E-state index contributed by atoms with van der Waals surface area (Å²) in [6, 6.07) is 8.55. The van der Waals surface area contributed by atoms with Crippen molar-refractivity contribution in [2.24, 2.45) is 0 Å². The van der Waals surface area contributed by atoms with Gasteiger partial charge in [-0.1, -0.05) is 38.1 Å². The highest BCUT2D eigenvalue weighted by Gasteiger charge is 2.02. The Hall–Kier alpha value is -1.35. The Morgan fingerprint density at radius 2 is 1.83 bits per heavy atom. The highest BCUT2D eigenvalue weighted by Crippen LogP contribution is 2.15. The normalized spacial score (nSPS) is 10.7. The van der Waals surface area contributed by atoms with Crippen LogP contribution in [0.2, 0.25) is 0 Å². The maximum absolute atomic E-state index is 11.5. The van der Waals surface area contributed by atoms with Crippen LogP contribution in [0, 0.1) is 0 Å². The summed E-state index contributed by atoms with van der Waals surface area (Å²) >= 11 is 0. The van der Waals surface area contributed by atoms with E-state index < -0.39 is 0 Å². The second-order valence-corrected chi connectivity index (χ2v) is 4.85. The van der Waals surface area contributed by atoms with E-state index in [0.717, 1.165) is 13.0 Å². The summed E-state index contributed by atoms with van der Waals surface area (Å²) in [7, 11) is 1.88. The Morgan fingerprint density at radius 1 is 1.17 bits per heavy atom. The molecular formula is C15H24N2O. The molecule has 0 aliphatic heterocycles. The largest absolute Gasteiger partial charge is 0.355 e. The second kappa shape index (κ2) is 7.88. The Kier molecular flexibility index (Phi) is 6.44. The highest BCUT2D eigenvalue weighted by atomic mass is 16.1. The van der Waals surface area contributed by atoms with Crippen LogP contribution in [0.3, 0.4) is 0 Å². The van der Waals surface area contributed by atoms with Crippen LogP contribution in [0.5, 0.6) is 0 Å². The zero-order chi connectivity index (χ0) is 13.4. The summed E-state index contributed by atoms with van der Waals surface area (Å²) in [5, 5.41) is 5.88. The van der Waals surface area contributed by atoms with Crippen molar-refractivity contribution in [1.82, 2.24) is 10.6 Å². The number of likely N-dealkylation sites (N-methyl/N-ethyl adjacent to an activating group) is 1. The van der Waals surface area contributed by atoms with Crippen molar-refractivity contribution in [3.8, 4) is 0 Å². The summed E-state index contributed by atoms with van der Waals surface area (Å²) in [4.78, 5) is 11.5. The minimum Gasteiger partial charge on any atom is -0.355 e. The number of hydrogen-bond acceptors (Lipinski definition) is 2. The van der Waals surface area contributed by atoms with E-state index in [1.54, 1.807) is 0 Å². The minimum atomic E-state index is 0.123. The Labute approximate surface area is 110 Å². The molecule has 0 aliphatic rings. The Bertz CT molecular complexity index is 357. The van der Waals surface area contributed by atoms with Crippen LogP contribution in [0.1, 0.15) is 37.3 Å². The standard InChI is InChI=1S/C15H24N2O/c1-12(2)14-7-4-13(5-8-14)6-9-15(18)17-11-10-16-3/h4-5,7-8,12,16H,6,9-11H2,1-3H3,(H,17,18). The monoisotopic (exact) mass is 248 g/mol. The molecule has 3 heteroatoms. The van der Waals surface area contributed by atoms with Gasteiger partial charge in [0, 0.05) is 19.5 Å². The van der Waals surface area contributed by atoms with Gasteiger partial charge in [-0.15, -0.1) is 0 Å². The van der Waals surface area contributed by atoms with Crippen molar-refractivity contribution in [2.75, 3.05) is 20.1 Å². The van der Waals surface area contributed by atoms with Gasteiger partial charge in [-0.3, -0.25) is 4.79 Å². The molecule has 0 aliphatic carbocycles. The molecule has 0 bridgehead atoms. The summed E-state index contributed by atoms with van der Waals surface area (Å²) in [5.41, 5.74) is 2.57. The smallest absolute Gasteiger partial charge is 0.220 e. The molecule has 0 spiro atoms. The average Bonchev–Trinajstić information content (AvgIpc) is 2.37. The lowest BCUT2D eigenvalue weighted by Crippen LogP contribution is -2.30. The van der Waals surface area contributed by atoms with Crippen molar-refractivity contribution >= 4 is 5.91 Å². The van der Waals surface area contributed by atoms with Crippen molar-refractivity contribution in [3.63, 3.8) is 0 Å². The molecule has 100 valence electrons. The molecule has 18 heavy (non-hydrogen) atoms. The molecule has 3 nitrogen and oxygen atoms in total. The van der Waals surface area contributed by atoms with E-state index >= 15 is 0 Å². The molecular weight excluding hydrogens is 224 g/mol. The Morgan fingerprint density at radius 3 is 2.39 bits per heavy atom. The van der Waals surface area contributed by atoms with E-state index in [-0.39, 0.29) is 5.91 Å². The first kappa shape index (κ1) is 14.7. The number of benzene rings is 1.